The summed E-state index contributed by atoms with van der Waals surface area (Å²) in [4.78, 5) is 14.8. The first-order chi connectivity index (χ1) is 5.66. The molecule has 0 aromatic heterocycles. The summed E-state index contributed by atoms with van der Waals surface area (Å²) in [5.41, 5.74) is 0. The summed E-state index contributed by atoms with van der Waals surface area (Å²) in [6.45, 7) is 4.86. The predicted octanol–water partition coefficient (Wildman–Crippen LogP) is 1.67. The minimum Gasteiger partial charge on any atom is -0.469 e. The molecule has 0 aliphatic heterocycles. The van der Waals surface area contributed by atoms with E-state index < -0.39 is 0 Å². The van der Waals surface area contributed by atoms with Gasteiger partial charge >= 0.3 is 5.97 Å². The second kappa shape index (κ2) is 6.83. The van der Waals surface area contributed by atoms with Gasteiger partial charge in [-0.2, -0.15) is 0 Å². The van der Waals surface area contributed by atoms with Gasteiger partial charge in [0.1, 0.15) is 0 Å². The molecule has 0 fully saturated rings. The maximum absolute atomic E-state index is 10.6. The number of hydrogen-bond acceptors (Lipinski definition) is 3. The van der Waals surface area contributed by atoms with Crippen LogP contribution in [-0.2, 0) is 9.53 Å². The van der Waals surface area contributed by atoms with Crippen molar-refractivity contribution in [2.75, 3.05) is 13.7 Å². The highest BCUT2D eigenvalue weighted by atomic mass is 16.5. The normalized spacial score (nSPS) is 11.0. The second-order valence-corrected chi connectivity index (χ2v) is 2.98. The van der Waals surface area contributed by atoms with E-state index in [1.165, 1.54) is 7.11 Å². The molecule has 0 amide bonds. The van der Waals surface area contributed by atoms with Gasteiger partial charge in [0.2, 0.25) is 0 Å². The van der Waals surface area contributed by atoms with Crippen molar-refractivity contribution in [1.82, 2.24) is 0 Å². The van der Waals surface area contributed by atoms with Crippen molar-refractivity contribution in [2.45, 2.75) is 26.7 Å². The Morgan fingerprint density at radius 3 is 2.75 bits per heavy atom. The van der Waals surface area contributed by atoms with Gasteiger partial charge in [-0.15, -0.1) is 0 Å². The van der Waals surface area contributed by atoms with Gasteiger partial charge in [0.15, 0.2) is 0 Å². The molecule has 0 radical (unpaired) electrons. The van der Waals surface area contributed by atoms with Crippen LogP contribution in [0.1, 0.15) is 26.7 Å². The van der Waals surface area contributed by atoms with Gasteiger partial charge in [0.25, 0.3) is 0 Å². The van der Waals surface area contributed by atoms with E-state index in [2.05, 4.69) is 23.6 Å². The number of aliphatic imine (C=N–C) groups is 1. The van der Waals surface area contributed by atoms with Gasteiger partial charge in [-0.25, -0.2) is 0 Å². The molecular formula is C9H17NO2. The maximum atomic E-state index is 10.6. The van der Waals surface area contributed by atoms with Crippen LogP contribution in [-0.4, -0.2) is 25.8 Å². The van der Waals surface area contributed by atoms with Crippen LogP contribution in [0.25, 0.3) is 0 Å². The summed E-state index contributed by atoms with van der Waals surface area (Å²) >= 11 is 0. The molecule has 0 saturated carbocycles. The Bertz CT molecular complexity index is 153. The molecule has 3 nitrogen and oxygen atoms in total. The third kappa shape index (κ3) is 7.25. The Labute approximate surface area is 73.8 Å². The van der Waals surface area contributed by atoms with Gasteiger partial charge in [0.05, 0.1) is 7.11 Å². The molecule has 0 saturated heterocycles. The number of carbonyl (C=O) groups is 1. The number of methoxy groups -OCH3 is 1. The van der Waals surface area contributed by atoms with Crippen LogP contribution in [0.2, 0.25) is 0 Å². The van der Waals surface area contributed by atoms with E-state index in [0.29, 0.717) is 18.9 Å². The van der Waals surface area contributed by atoms with Crippen molar-refractivity contribution in [3.8, 4) is 0 Å². The minimum absolute atomic E-state index is 0.158. The van der Waals surface area contributed by atoms with Gasteiger partial charge in [0, 0.05) is 19.2 Å². The first-order valence-corrected chi connectivity index (χ1v) is 4.23. The number of carbonyl (C=O) groups excluding carboxylic acids is 1. The van der Waals surface area contributed by atoms with Crippen molar-refractivity contribution < 1.29 is 9.53 Å². The van der Waals surface area contributed by atoms with Crippen LogP contribution >= 0.6 is 0 Å². The van der Waals surface area contributed by atoms with E-state index in [9.17, 15) is 4.79 Å². The molecule has 70 valence electrons. The Kier molecular flexibility index (Phi) is 6.34. The van der Waals surface area contributed by atoms with Crippen LogP contribution in [0.15, 0.2) is 4.99 Å². The average molecular weight is 171 g/mol. The number of esters is 1. The van der Waals surface area contributed by atoms with Crippen molar-refractivity contribution in [2.24, 2.45) is 10.9 Å². The molecule has 0 aromatic carbocycles. The zero-order valence-corrected chi connectivity index (χ0v) is 8.04. The minimum atomic E-state index is -0.158. The van der Waals surface area contributed by atoms with E-state index in [-0.39, 0.29) is 5.97 Å². The van der Waals surface area contributed by atoms with Gasteiger partial charge < -0.3 is 4.74 Å². The molecule has 0 aromatic rings. The number of rotatable bonds is 5. The van der Waals surface area contributed by atoms with E-state index in [1.54, 1.807) is 0 Å². The standard InChI is InChI=1S/C9H17NO2/c1-8(2)7-10-6-4-5-9(11)12-3/h7-8H,4-6H2,1-3H3. The predicted molar refractivity (Wildman–Crippen MR) is 49.4 cm³/mol. The zero-order chi connectivity index (χ0) is 9.40. The SMILES string of the molecule is COC(=O)CCCN=CC(C)C. The van der Waals surface area contributed by atoms with Crippen LogP contribution < -0.4 is 0 Å². The number of hydrogen-bond donors (Lipinski definition) is 0. The lowest BCUT2D eigenvalue weighted by atomic mass is 10.2. The summed E-state index contributed by atoms with van der Waals surface area (Å²) in [6, 6.07) is 0. The summed E-state index contributed by atoms with van der Waals surface area (Å²) in [6.07, 6.45) is 3.14. The lowest BCUT2D eigenvalue weighted by Crippen LogP contribution is -2.00. The quantitative estimate of drug-likeness (QED) is 0.358. The molecule has 0 N–H and O–H groups in total. The summed E-state index contributed by atoms with van der Waals surface area (Å²) < 4.78 is 4.49. The topological polar surface area (TPSA) is 38.7 Å². The van der Waals surface area contributed by atoms with E-state index in [0.717, 1.165) is 6.42 Å². The molecule has 3 heteroatoms. The fourth-order valence-electron chi connectivity index (χ4n) is 0.702. The Hall–Kier alpha value is -0.860. The molecule has 0 heterocycles. The zero-order valence-electron chi connectivity index (χ0n) is 8.04. The molecular weight excluding hydrogens is 154 g/mol. The Morgan fingerprint density at radius 1 is 1.58 bits per heavy atom. The third-order valence-corrected chi connectivity index (χ3v) is 1.30. The fraction of sp³-hybridized carbons (Fsp3) is 0.778. The lowest BCUT2D eigenvalue weighted by Gasteiger charge is -1.96. The second-order valence-electron chi connectivity index (χ2n) is 2.98. The van der Waals surface area contributed by atoms with E-state index in [1.807, 2.05) is 6.21 Å². The van der Waals surface area contributed by atoms with Crippen LogP contribution in [0.5, 0.6) is 0 Å². The highest BCUT2D eigenvalue weighted by molar-refractivity contribution is 5.69. The van der Waals surface area contributed by atoms with Gasteiger partial charge in [-0.3, -0.25) is 9.79 Å². The van der Waals surface area contributed by atoms with E-state index >= 15 is 0 Å². The average Bonchev–Trinajstić information content (AvgIpc) is 2.03. The van der Waals surface area contributed by atoms with Crippen LogP contribution in [0.3, 0.4) is 0 Å². The van der Waals surface area contributed by atoms with Crippen LogP contribution in [0, 0.1) is 5.92 Å². The van der Waals surface area contributed by atoms with Crippen molar-refractivity contribution in [3.63, 3.8) is 0 Å². The fourth-order valence-corrected chi connectivity index (χ4v) is 0.702. The van der Waals surface area contributed by atoms with Gasteiger partial charge in [-0.05, 0) is 12.3 Å². The van der Waals surface area contributed by atoms with Crippen LogP contribution in [0.4, 0.5) is 0 Å². The first-order valence-electron chi connectivity index (χ1n) is 4.23. The highest BCUT2D eigenvalue weighted by Gasteiger charge is 1.97. The molecule has 0 atom stereocenters. The molecule has 0 aliphatic rings. The molecule has 0 unspecified atom stereocenters. The Morgan fingerprint density at radius 2 is 2.25 bits per heavy atom. The largest absolute Gasteiger partial charge is 0.469 e. The molecule has 12 heavy (non-hydrogen) atoms. The number of ether oxygens (including phenoxy) is 1. The van der Waals surface area contributed by atoms with Crippen molar-refractivity contribution in [3.05, 3.63) is 0 Å². The molecule has 0 rings (SSSR count). The Balaban J connectivity index is 3.27. The van der Waals surface area contributed by atoms with Crippen molar-refractivity contribution in [1.29, 1.82) is 0 Å². The van der Waals surface area contributed by atoms with E-state index in [4.69, 9.17) is 0 Å². The summed E-state index contributed by atoms with van der Waals surface area (Å²) in [7, 11) is 1.40. The molecule has 0 spiro atoms. The first kappa shape index (κ1) is 11.1. The van der Waals surface area contributed by atoms with Gasteiger partial charge in [-0.1, -0.05) is 13.8 Å². The molecule has 0 bridgehead atoms. The smallest absolute Gasteiger partial charge is 0.305 e. The monoisotopic (exact) mass is 171 g/mol. The summed E-state index contributed by atoms with van der Waals surface area (Å²) in [5.74, 6) is 0.331. The summed E-state index contributed by atoms with van der Waals surface area (Å²) in [5, 5.41) is 0. The van der Waals surface area contributed by atoms with Crippen molar-refractivity contribution >= 4 is 12.2 Å². The lowest BCUT2D eigenvalue weighted by molar-refractivity contribution is -0.140. The third-order valence-electron chi connectivity index (χ3n) is 1.30. The molecule has 0 aliphatic carbocycles. The highest BCUT2D eigenvalue weighted by Crippen LogP contribution is 1.93. The maximum Gasteiger partial charge on any atom is 0.305 e. The number of nitrogens with zero attached hydrogens (tertiary/aromatic N) is 1.